The Morgan fingerprint density at radius 3 is 2.42 bits per heavy atom. The van der Waals surface area contributed by atoms with Gasteiger partial charge in [-0.1, -0.05) is 47.5 Å². The molecule has 1 aliphatic heterocycles. The first-order valence-corrected chi connectivity index (χ1v) is 12.6. The van der Waals surface area contributed by atoms with Crippen molar-refractivity contribution in [1.82, 2.24) is 9.62 Å². The van der Waals surface area contributed by atoms with E-state index in [1.807, 2.05) is 24.3 Å². The Kier molecular flexibility index (Phi) is 8.33. The summed E-state index contributed by atoms with van der Waals surface area (Å²) in [5.74, 6) is -1.42. The van der Waals surface area contributed by atoms with Crippen LogP contribution in [0.1, 0.15) is 30.4 Å². The van der Waals surface area contributed by atoms with Gasteiger partial charge in [-0.2, -0.15) is 0 Å². The minimum atomic E-state index is -3.72. The lowest BCUT2D eigenvalue weighted by Gasteiger charge is -2.30. The Morgan fingerprint density at radius 2 is 1.74 bits per heavy atom. The molecule has 0 bridgehead atoms. The van der Waals surface area contributed by atoms with E-state index in [2.05, 4.69) is 5.32 Å². The molecule has 1 saturated heterocycles. The molecule has 0 aliphatic carbocycles. The molecule has 0 saturated carbocycles. The van der Waals surface area contributed by atoms with Crippen molar-refractivity contribution in [2.75, 3.05) is 19.6 Å². The molecule has 1 fully saturated rings. The monoisotopic (exact) mass is 486 g/mol. The van der Waals surface area contributed by atoms with E-state index < -0.39 is 21.6 Å². The van der Waals surface area contributed by atoms with Gasteiger partial charge in [-0.3, -0.25) is 4.79 Å². The van der Waals surface area contributed by atoms with E-state index in [9.17, 15) is 17.6 Å². The average Bonchev–Trinajstić information content (AvgIpc) is 2.75. The van der Waals surface area contributed by atoms with Crippen LogP contribution in [0.5, 0.6) is 0 Å². The summed E-state index contributed by atoms with van der Waals surface area (Å²) in [6.45, 7) is 0.993. The summed E-state index contributed by atoms with van der Waals surface area (Å²) in [5.41, 5.74) is 1.02. The Morgan fingerprint density at radius 1 is 1.06 bits per heavy atom. The molecule has 1 N–H and O–H groups in total. The summed E-state index contributed by atoms with van der Waals surface area (Å²) in [6, 6.07) is 11.7. The number of carbonyl (C=O) groups is 1. The number of benzene rings is 2. The maximum Gasteiger partial charge on any atom is 0.223 e. The number of piperidine rings is 1. The molecule has 0 aromatic heterocycles. The van der Waals surface area contributed by atoms with Crippen LogP contribution in [0.15, 0.2) is 42.5 Å². The van der Waals surface area contributed by atoms with Crippen molar-refractivity contribution in [2.24, 2.45) is 5.92 Å². The van der Waals surface area contributed by atoms with E-state index in [0.29, 0.717) is 19.4 Å². The lowest BCUT2D eigenvalue weighted by molar-refractivity contribution is -0.126. The zero-order valence-electron chi connectivity index (χ0n) is 17.0. The van der Waals surface area contributed by atoms with Crippen LogP contribution in [0.2, 0.25) is 10.0 Å². The van der Waals surface area contributed by atoms with Gasteiger partial charge in [0.05, 0.1) is 5.75 Å². The van der Waals surface area contributed by atoms with Crippen molar-refractivity contribution >= 4 is 39.1 Å². The average molecular weight is 487 g/mol. The third-order valence-electron chi connectivity index (χ3n) is 5.49. The summed E-state index contributed by atoms with van der Waals surface area (Å²) in [5, 5.41) is 3.75. The quantitative estimate of drug-likeness (QED) is 0.561. The van der Waals surface area contributed by atoms with Gasteiger partial charge in [0.1, 0.15) is 5.82 Å². The molecule has 0 radical (unpaired) electrons. The molecule has 0 spiro atoms. The molecular formula is C22H25Cl2FN2O3S. The number of aryl methyl sites for hydroxylation is 1. The third kappa shape index (κ3) is 6.42. The van der Waals surface area contributed by atoms with Crippen LogP contribution in [0, 0.1) is 11.7 Å². The van der Waals surface area contributed by atoms with Crippen molar-refractivity contribution in [1.29, 1.82) is 0 Å². The molecule has 5 nitrogen and oxygen atoms in total. The Labute approximate surface area is 192 Å². The Hall–Kier alpha value is -1.67. The van der Waals surface area contributed by atoms with Gasteiger partial charge in [-0.05, 0) is 49.4 Å². The Bertz CT molecular complexity index is 1000. The molecular weight excluding hydrogens is 462 g/mol. The minimum Gasteiger partial charge on any atom is -0.356 e. The van der Waals surface area contributed by atoms with Gasteiger partial charge < -0.3 is 5.32 Å². The second-order valence-corrected chi connectivity index (χ2v) is 10.4. The number of sulfonamides is 1. The van der Waals surface area contributed by atoms with Gasteiger partial charge in [-0.25, -0.2) is 17.1 Å². The highest BCUT2D eigenvalue weighted by molar-refractivity contribution is 7.88. The molecule has 1 amide bonds. The fraction of sp³-hybridized carbons (Fsp3) is 0.409. The lowest BCUT2D eigenvalue weighted by atomic mass is 9.97. The van der Waals surface area contributed by atoms with Gasteiger partial charge in [0, 0.05) is 41.2 Å². The summed E-state index contributed by atoms with van der Waals surface area (Å²) >= 11 is 12.1. The fourth-order valence-corrected chi connectivity index (χ4v) is 5.82. The molecule has 168 valence electrons. The van der Waals surface area contributed by atoms with Crippen molar-refractivity contribution in [2.45, 2.75) is 31.4 Å². The predicted octanol–water partition coefficient (Wildman–Crippen LogP) is 4.42. The zero-order chi connectivity index (χ0) is 22.4. The standard InChI is InChI=1S/C22H25Cl2FN2O3S/c23-19-7-2-1-5-16(19)6-4-12-26-22(28)17-10-13-27(14-11-17)31(29,30)15-18-20(24)8-3-9-21(18)25/h1-3,5,7-9,17H,4,6,10-15H2,(H,26,28). The number of hydrogen-bond acceptors (Lipinski definition) is 3. The van der Waals surface area contributed by atoms with Crippen LogP contribution in [0.3, 0.4) is 0 Å². The molecule has 1 aliphatic rings. The van der Waals surface area contributed by atoms with Crippen LogP contribution in [0.25, 0.3) is 0 Å². The number of rotatable bonds is 8. The van der Waals surface area contributed by atoms with E-state index in [-0.39, 0.29) is 35.5 Å². The number of carbonyl (C=O) groups excluding carboxylic acids is 1. The first kappa shape index (κ1) is 24.0. The second-order valence-electron chi connectivity index (χ2n) is 7.62. The highest BCUT2D eigenvalue weighted by Crippen LogP contribution is 2.26. The van der Waals surface area contributed by atoms with Crippen LogP contribution in [-0.4, -0.2) is 38.3 Å². The highest BCUT2D eigenvalue weighted by Gasteiger charge is 2.32. The van der Waals surface area contributed by atoms with Crippen molar-refractivity contribution in [3.8, 4) is 0 Å². The molecule has 2 aromatic rings. The topological polar surface area (TPSA) is 66.5 Å². The fourth-order valence-electron chi connectivity index (χ4n) is 3.68. The summed E-state index contributed by atoms with van der Waals surface area (Å²) in [6.07, 6.45) is 2.41. The summed E-state index contributed by atoms with van der Waals surface area (Å²) in [7, 11) is -3.72. The van der Waals surface area contributed by atoms with E-state index in [0.717, 1.165) is 23.4 Å². The maximum absolute atomic E-state index is 14.0. The number of nitrogens with zero attached hydrogens (tertiary/aromatic N) is 1. The van der Waals surface area contributed by atoms with E-state index >= 15 is 0 Å². The highest BCUT2D eigenvalue weighted by atomic mass is 35.5. The van der Waals surface area contributed by atoms with Crippen LogP contribution in [0.4, 0.5) is 4.39 Å². The van der Waals surface area contributed by atoms with Crippen molar-refractivity contribution in [3.05, 3.63) is 69.5 Å². The van der Waals surface area contributed by atoms with Crippen LogP contribution in [-0.2, 0) is 27.0 Å². The van der Waals surface area contributed by atoms with Crippen LogP contribution < -0.4 is 5.32 Å². The SMILES string of the molecule is O=C(NCCCc1ccccc1Cl)C1CCN(S(=O)(=O)Cc2c(F)cccc2Cl)CC1. The van der Waals surface area contributed by atoms with Crippen molar-refractivity contribution < 1.29 is 17.6 Å². The molecule has 1 heterocycles. The molecule has 3 rings (SSSR count). The molecule has 2 aromatic carbocycles. The smallest absolute Gasteiger partial charge is 0.223 e. The van der Waals surface area contributed by atoms with E-state index in [1.54, 1.807) is 0 Å². The first-order chi connectivity index (χ1) is 14.8. The van der Waals surface area contributed by atoms with Crippen molar-refractivity contribution in [3.63, 3.8) is 0 Å². The maximum atomic E-state index is 14.0. The largest absolute Gasteiger partial charge is 0.356 e. The first-order valence-electron chi connectivity index (χ1n) is 10.2. The predicted molar refractivity (Wildman–Crippen MR) is 121 cm³/mol. The lowest BCUT2D eigenvalue weighted by Crippen LogP contribution is -2.43. The van der Waals surface area contributed by atoms with Gasteiger partial charge in [0.2, 0.25) is 15.9 Å². The zero-order valence-corrected chi connectivity index (χ0v) is 19.3. The van der Waals surface area contributed by atoms with Gasteiger partial charge in [0.25, 0.3) is 0 Å². The normalized spacial score (nSPS) is 15.7. The number of halogens is 3. The summed E-state index contributed by atoms with van der Waals surface area (Å²) < 4.78 is 40.7. The van der Waals surface area contributed by atoms with E-state index in [4.69, 9.17) is 23.2 Å². The molecule has 31 heavy (non-hydrogen) atoms. The molecule has 0 atom stereocenters. The van der Waals surface area contributed by atoms with E-state index in [1.165, 1.54) is 22.5 Å². The van der Waals surface area contributed by atoms with Gasteiger partial charge in [0.15, 0.2) is 0 Å². The third-order valence-corrected chi connectivity index (χ3v) is 8.01. The Balaban J connectivity index is 1.45. The second kappa shape index (κ2) is 10.8. The number of amides is 1. The van der Waals surface area contributed by atoms with Crippen LogP contribution >= 0.6 is 23.2 Å². The number of nitrogens with one attached hydrogen (secondary N) is 1. The summed E-state index contributed by atoms with van der Waals surface area (Å²) in [4.78, 5) is 12.4. The minimum absolute atomic E-state index is 0.0254. The molecule has 9 heteroatoms. The van der Waals surface area contributed by atoms with Gasteiger partial charge >= 0.3 is 0 Å². The number of hydrogen-bond donors (Lipinski definition) is 1. The van der Waals surface area contributed by atoms with Gasteiger partial charge in [-0.15, -0.1) is 0 Å². The molecule has 0 unspecified atom stereocenters.